The molecular weight excluding hydrogens is 204 g/mol. The minimum atomic E-state index is -1.06. The maximum Gasteiger partial charge on any atom is 0.317 e. The third-order valence-corrected chi connectivity index (χ3v) is 1.56. The fourth-order valence-corrected chi connectivity index (χ4v) is 0.581. The van der Waals surface area contributed by atoms with Crippen molar-refractivity contribution in [3.8, 4) is 0 Å². The third kappa shape index (κ3) is 3.45. The summed E-state index contributed by atoms with van der Waals surface area (Å²) in [5.41, 5.74) is 0. The van der Waals surface area contributed by atoms with Gasteiger partial charge in [-0.3, -0.25) is 9.59 Å². The van der Waals surface area contributed by atoms with Crippen LogP contribution in [0.1, 0.15) is 6.42 Å². The van der Waals surface area contributed by atoms with Crippen LogP contribution in [0.4, 0.5) is 0 Å². The van der Waals surface area contributed by atoms with Gasteiger partial charge in [-0.2, -0.15) is 0 Å². The van der Waals surface area contributed by atoms with E-state index in [9.17, 15) is 9.59 Å². The zero-order valence-electron chi connectivity index (χ0n) is 5.33. The van der Waals surface area contributed by atoms with Crippen LogP contribution >= 0.6 is 15.9 Å². The first-order chi connectivity index (χ1) is 4.57. The topological polar surface area (TPSA) is 63.6 Å². The molecule has 0 fully saturated rings. The molecule has 5 heteroatoms. The van der Waals surface area contributed by atoms with Gasteiger partial charge in [-0.1, -0.05) is 15.9 Å². The number of halogens is 1. The number of rotatable bonds is 3. The largest absolute Gasteiger partial charge is 0.480 e. The number of carboxylic acid groups (broad SMARTS) is 1. The summed E-state index contributed by atoms with van der Waals surface area (Å²) in [6.07, 6.45) is -0.147. The quantitative estimate of drug-likeness (QED) is 0.542. The Bertz CT molecular complexity index is 145. The maximum atomic E-state index is 10.4. The van der Waals surface area contributed by atoms with Crippen LogP contribution in [0.25, 0.3) is 0 Å². The van der Waals surface area contributed by atoms with Gasteiger partial charge in [0.25, 0.3) is 0 Å². The normalized spacial score (nSPS) is 12.2. The Morgan fingerprint density at radius 3 is 2.50 bits per heavy atom. The highest BCUT2D eigenvalue weighted by molar-refractivity contribution is 9.10. The Morgan fingerprint density at radius 1 is 1.70 bits per heavy atom. The molecule has 1 unspecified atom stereocenters. The average molecular weight is 211 g/mol. The molecule has 0 heterocycles. The Labute approximate surface area is 66.3 Å². The van der Waals surface area contributed by atoms with E-state index in [0.717, 1.165) is 0 Å². The summed E-state index contributed by atoms with van der Waals surface area (Å²) in [6.45, 7) is 0. The SMILES string of the molecule is COC(=O)CC(Br)C(=O)O. The predicted molar refractivity (Wildman–Crippen MR) is 37.0 cm³/mol. The van der Waals surface area contributed by atoms with Gasteiger partial charge in [0.2, 0.25) is 0 Å². The third-order valence-electron chi connectivity index (χ3n) is 0.842. The van der Waals surface area contributed by atoms with Gasteiger partial charge in [-0.15, -0.1) is 0 Å². The van der Waals surface area contributed by atoms with E-state index in [1.807, 2.05) is 0 Å². The van der Waals surface area contributed by atoms with E-state index in [2.05, 4.69) is 20.7 Å². The summed E-state index contributed by atoms with van der Waals surface area (Å²) in [5.74, 6) is -1.60. The lowest BCUT2D eigenvalue weighted by atomic mass is 10.3. The average Bonchev–Trinajstić information content (AvgIpc) is 1.87. The molecule has 58 valence electrons. The number of carbonyl (C=O) groups is 2. The van der Waals surface area contributed by atoms with E-state index in [1.165, 1.54) is 7.11 Å². The zero-order chi connectivity index (χ0) is 8.15. The Balaban J connectivity index is 3.68. The van der Waals surface area contributed by atoms with Crippen LogP contribution in [0.3, 0.4) is 0 Å². The number of ether oxygens (including phenoxy) is 1. The van der Waals surface area contributed by atoms with Crippen molar-refractivity contribution in [1.29, 1.82) is 0 Å². The molecule has 0 bridgehead atoms. The van der Waals surface area contributed by atoms with Gasteiger partial charge in [0.1, 0.15) is 4.83 Å². The maximum absolute atomic E-state index is 10.4. The van der Waals surface area contributed by atoms with Crippen molar-refractivity contribution in [1.82, 2.24) is 0 Å². The van der Waals surface area contributed by atoms with Crippen LogP contribution in [-0.4, -0.2) is 29.0 Å². The molecule has 0 radical (unpaired) electrons. The van der Waals surface area contributed by atoms with Gasteiger partial charge < -0.3 is 9.84 Å². The lowest BCUT2D eigenvalue weighted by molar-refractivity contribution is -0.144. The number of aliphatic carboxylic acids is 1. The molecule has 0 aromatic rings. The fourth-order valence-electron chi connectivity index (χ4n) is 0.317. The number of alkyl halides is 1. The molecule has 0 saturated heterocycles. The van der Waals surface area contributed by atoms with Gasteiger partial charge in [0.05, 0.1) is 13.5 Å². The minimum Gasteiger partial charge on any atom is -0.480 e. The van der Waals surface area contributed by atoms with E-state index in [-0.39, 0.29) is 6.42 Å². The van der Waals surface area contributed by atoms with Gasteiger partial charge in [0.15, 0.2) is 0 Å². The molecule has 1 atom stereocenters. The molecule has 0 aliphatic rings. The second kappa shape index (κ2) is 4.27. The molecule has 0 aliphatic carbocycles. The van der Waals surface area contributed by atoms with Gasteiger partial charge in [0, 0.05) is 0 Å². The fraction of sp³-hybridized carbons (Fsp3) is 0.600. The Hall–Kier alpha value is -0.580. The summed E-state index contributed by atoms with van der Waals surface area (Å²) in [5, 5.41) is 8.27. The van der Waals surface area contributed by atoms with Crippen molar-refractivity contribution in [3.05, 3.63) is 0 Å². The highest BCUT2D eigenvalue weighted by Crippen LogP contribution is 2.05. The van der Waals surface area contributed by atoms with Crippen molar-refractivity contribution >= 4 is 27.9 Å². The van der Waals surface area contributed by atoms with Gasteiger partial charge in [-0.05, 0) is 0 Å². The molecule has 0 amide bonds. The summed E-state index contributed by atoms with van der Waals surface area (Å²) in [4.78, 5) is 19.7. The van der Waals surface area contributed by atoms with Crippen LogP contribution in [0.15, 0.2) is 0 Å². The molecule has 1 N–H and O–H groups in total. The van der Waals surface area contributed by atoms with Gasteiger partial charge in [-0.25, -0.2) is 0 Å². The lowest BCUT2D eigenvalue weighted by Gasteiger charge is -2.00. The van der Waals surface area contributed by atoms with Crippen molar-refractivity contribution < 1.29 is 19.4 Å². The highest BCUT2D eigenvalue weighted by atomic mass is 79.9. The van der Waals surface area contributed by atoms with Crippen LogP contribution in [0, 0.1) is 0 Å². The van der Waals surface area contributed by atoms with Crippen LogP contribution in [0.2, 0.25) is 0 Å². The molecule has 0 saturated carbocycles. The van der Waals surface area contributed by atoms with Crippen molar-refractivity contribution in [2.45, 2.75) is 11.2 Å². The molecule has 0 rings (SSSR count). The second-order valence-electron chi connectivity index (χ2n) is 1.59. The smallest absolute Gasteiger partial charge is 0.317 e. The number of methoxy groups -OCH3 is 1. The van der Waals surface area contributed by atoms with E-state index in [4.69, 9.17) is 5.11 Å². The molecular formula is C5H7BrO4. The summed E-state index contributed by atoms with van der Waals surface area (Å²) in [7, 11) is 1.21. The van der Waals surface area contributed by atoms with E-state index in [0.29, 0.717) is 0 Å². The predicted octanol–water partition coefficient (Wildman–Crippen LogP) is 0.398. The first kappa shape index (κ1) is 9.42. The molecule has 0 spiro atoms. The Morgan fingerprint density at radius 2 is 2.20 bits per heavy atom. The van der Waals surface area contributed by atoms with Crippen molar-refractivity contribution in [3.63, 3.8) is 0 Å². The minimum absolute atomic E-state index is 0.147. The number of hydrogen-bond acceptors (Lipinski definition) is 3. The highest BCUT2D eigenvalue weighted by Gasteiger charge is 2.17. The number of carboxylic acids is 1. The summed E-state index contributed by atoms with van der Waals surface area (Å²) < 4.78 is 4.24. The zero-order valence-corrected chi connectivity index (χ0v) is 6.92. The number of carbonyl (C=O) groups excluding carboxylic acids is 1. The molecule has 0 aromatic heterocycles. The van der Waals surface area contributed by atoms with E-state index >= 15 is 0 Å². The number of esters is 1. The molecule has 0 aromatic carbocycles. The molecule has 10 heavy (non-hydrogen) atoms. The standard InChI is InChI=1S/C5H7BrO4/c1-10-4(7)2-3(6)5(8)9/h3H,2H2,1H3,(H,8,9). The van der Waals surface area contributed by atoms with E-state index < -0.39 is 16.8 Å². The van der Waals surface area contributed by atoms with E-state index in [1.54, 1.807) is 0 Å². The first-order valence-corrected chi connectivity index (χ1v) is 3.43. The van der Waals surface area contributed by atoms with Crippen LogP contribution in [-0.2, 0) is 14.3 Å². The summed E-state index contributed by atoms with van der Waals surface area (Å²) >= 11 is 2.78. The Kier molecular flexibility index (Phi) is 4.02. The first-order valence-electron chi connectivity index (χ1n) is 2.51. The molecule has 4 nitrogen and oxygen atoms in total. The lowest BCUT2D eigenvalue weighted by Crippen LogP contribution is -2.17. The monoisotopic (exact) mass is 210 g/mol. The second-order valence-corrected chi connectivity index (χ2v) is 2.69. The summed E-state index contributed by atoms with van der Waals surface area (Å²) in [6, 6.07) is 0. The van der Waals surface area contributed by atoms with Crippen molar-refractivity contribution in [2.24, 2.45) is 0 Å². The van der Waals surface area contributed by atoms with Crippen LogP contribution < -0.4 is 0 Å². The molecule has 0 aliphatic heterocycles. The van der Waals surface area contributed by atoms with Crippen LogP contribution in [0.5, 0.6) is 0 Å². The van der Waals surface area contributed by atoms with Crippen molar-refractivity contribution in [2.75, 3.05) is 7.11 Å². The number of hydrogen-bond donors (Lipinski definition) is 1. The van der Waals surface area contributed by atoms with Gasteiger partial charge >= 0.3 is 11.9 Å².